The van der Waals surface area contributed by atoms with Gasteiger partial charge in [-0.05, 0) is 44.2 Å². The fourth-order valence-electron chi connectivity index (χ4n) is 2.32. The lowest BCUT2D eigenvalue weighted by atomic mass is 10.1. The lowest BCUT2D eigenvalue weighted by Crippen LogP contribution is -2.32. The Bertz CT molecular complexity index is 764. The number of ether oxygens (including phenoxy) is 1. The maximum atomic E-state index is 14.1. The molecule has 0 spiro atoms. The summed E-state index contributed by atoms with van der Waals surface area (Å²) in [5.41, 5.74) is 0.515. The predicted molar refractivity (Wildman–Crippen MR) is 91.2 cm³/mol. The van der Waals surface area contributed by atoms with Gasteiger partial charge in [-0.1, -0.05) is 23.7 Å². The molecule has 2 aromatic rings. The van der Waals surface area contributed by atoms with Gasteiger partial charge in [0.05, 0.1) is 23.4 Å². The number of rotatable bonds is 5. The zero-order valence-electron chi connectivity index (χ0n) is 13.4. The number of amides is 1. The van der Waals surface area contributed by atoms with Gasteiger partial charge in [0.1, 0.15) is 5.82 Å². The smallest absolute Gasteiger partial charge is 0.340 e. The molecular formula is C18H17ClFNO3. The van der Waals surface area contributed by atoms with Crippen LogP contribution >= 0.6 is 11.6 Å². The standard InChI is InChI=1S/C18H17ClFNO3/c1-3-21(17(22)13-10-9-12(19)11-15(13)20)16-8-6-5-7-14(16)18(23)24-4-2/h5-11H,3-4H2,1-2H3. The average molecular weight is 350 g/mol. The van der Waals surface area contributed by atoms with Crippen LogP contribution < -0.4 is 4.90 Å². The van der Waals surface area contributed by atoms with Crippen LogP contribution in [0.25, 0.3) is 0 Å². The topological polar surface area (TPSA) is 46.6 Å². The Morgan fingerprint density at radius 2 is 1.83 bits per heavy atom. The molecule has 2 rings (SSSR count). The largest absolute Gasteiger partial charge is 0.462 e. The minimum absolute atomic E-state index is 0.111. The van der Waals surface area contributed by atoms with Crippen molar-refractivity contribution in [3.8, 4) is 0 Å². The van der Waals surface area contributed by atoms with Crippen LogP contribution in [0.1, 0.15) is 34.6 Å². The molecule has 0 aliphatic heterocycles. The average Bonchev–Trinajstić information content (AvgIpc) is 2.56. The van der Waals surface area contributed by atoms with Crippen molar-refractivity contribution in [3.63, 3.8) is 0 Å². The lowest BCUT2D eigenvalue weighted by molar-refractivity contribution is 0.0527. The number of carbonyl (C=O) groups excluding carboxylic acids is 2. The van der Waals surface area contributed by atoms with E-state index in [9.17, 15) is 14.0 Å². The van der Waals surface area contributed by atoms with Crippen molar-refractivity contribution < 1.29 is 18.7 Å². The van der Waals surface area contributed by atoms with E-state index < -0.39 is 17.7 Å². The molecule has 0 aromatic heterocycles. The summed E-state index contributed by atoms with van der Waals surface area (Å²) < 4.78 is 19.1. The highest BCUT2D eigenvalue weighted by Crippen LogP contribution is 2.25. The Labute approximate surface area is 144 Å². The van der Waals surface area contributed by atoms with Crippen LogP contribution in [-0.4, -0.2) is 25.0 Å². The monoisotopic (exact) mass is 349 g/mol. The molecule has 4 nitrogen and oxygen atoms in total. The Hall–Kier alpha value is -2.40. The summed E-state index contributed by atoms with van der Waals surface area (Å²) in [7, 11) is 0. The van der Waals surface area contributed by atoms with Crippen molar-refractivity contribution in [1.82, 2.24) is 0 Å². The molecule has 0 aliphatic rings. The van der Waals surface area contributed by atoms with E-state index in [4.69, 9.17) is 16.3 Å². The molecular weight excluding hydrogens is 333 g/mol. The third kappa shape index (κ3) is 3.74. The van der Waals surface area contributed by atoms with Crippen molar-refractivity contribution >= 4 is 29.2 Å². The van der Waals surface area contributed by atoms with E-state index >= 15 is 0 Å². The van der Waals surface area contributed by atoms with Gasteiger partial charge in [0.25, 0.3) is 5.91 Å². The van der Waals surface area contributed by atoms with E-state index in [1.54, 1.807) is 38.1 Å². The van der Waals surface area contributed by atoms with Gasteiger partial charge in [-0.2, -0.15) is 0 Å². The Balaban J connectivity index is 2.45. The molecule has 6 heteroatoms. The highest BCUT2D eigenvalue weighted by Gasteiger charge is 2.24. The summed E-state index contributed by atoms with van der Waals surface area (Å²) in [6.07, 6.45) is 0. The molecule has 0 radical (unpaired) electrons. The highest BCUT2D eigenvalue weighted by atomic mass is 35.5. The molecule has 0 N–H and O–H groups in total. The number of esters is 1. The van der Waals surface area contributed by atoms with Crippen LogP contribution in [0.2, 0.25) is 5.02 Å². The molecule has 2 aromatic carbocycles. The van der Waals surface area contributed by atoms with Crippen LogP contribution in [0.3, 0.4) is 0 Å². The summed E-state index contributed by atoms with van der Waals surface area (Å²) in [6, 6.07) is 10.4. The molecule has 1 amide bonds. The van der Waals surface area contributed by atoms with Crippen LogP contribution in [0.4, 0.5) is 10.1 Å². The molecule has 24 heavy (non-hydrogen) atoms. The Morgan fingerprint density at radius 3 is 2.46 bits per heavy atom. The van der Waals surface area contributed by atoms with E-state index in [2.05, 4.69) is 0 Å². The van der Waals surface area contributed by atoms with E-state index in [-0.39, 0.29) is 29.3 Å². The van der Waals surface area contributed by atoms with Gasteiger partial charge in [-0.25, -0.2) is 9.18 Å². The molecule has 0 saturated carbocycles. The summed E-state index contributed by atoms with van der Waals surface area (Å²) in [5, 5.41) is 0.207. The van der Waals surface area contributed by atoms with Gasteiger partial charge in [0.15, 0.2) is 0 Å². The molecule has 0 saturated heterocycles. The van der Waals surface area contributed by atoms with Crippen molar-refractivity contribution in [2.75, 3.05) is 18.1 Å². The normalized spacial score (nSPS) is 10.3. The number of hydrogen-bond donors (Lipinski definition) is 0. The van der Waals surface area contributed by atoms with Gasteiger partial charge in [-0.15, -0.1) is 0 Å². The fraction of sp³-hybridized carbons (Fsp3) is 0.222. The SMILES string of the molecule is CCOC(=O)c1ccccc1N(CC)C(=O)c1ccc(Cl)cc1F. The minimum atomic E-state index is -0.709. The molecule has 0 unspecified atom stereocenters. The molecule has 0 atom stereocenters. The van der Waals surface area contributed by atoms with Crippen molar-refractivity contribution in [2.24, 2.45) is 0 Å². The number of anilines is 1. The van der Waals surface area contributed by atoms with Gasteiger partial charge < -0.3 is 9.64 Å². The van der Waals surface area contributed by atoms with Crippen LogP contribution in [0.5, 0.6) is 0 Å². The summed E-state index contributed by atoms with van der Waals surface area (Å²) in [5.74, 6) is -1.79. The first-order valence-electron chi connectivity index (χ1n) is 7.52. The third-order valence-corrected chi connectivity index (χ3v) is 3.65. The zero-order valence-corrected chi connectivity index (χ0v) is 14.1. The summed E-state index contributed by atoms with van der Waals surface area (Å²) in [6.45, 7) is 3.93. The van der Waals surface area contributed by atoms with Crippen molar-refractivity contribution in [2.45, 2.75) is 13.8 Å². The first kappa shape index (κ1) is 17.9. The second-order valence-corrected chi connectivity index (χ2v) is 5.35. The van der Waals surface area contributed by atoms with Gasteiger partial charge >= 0.3 is 5.97 Å². The Kier molecular flexibility index (Phi) is 5.93. The number of benzene rings is 2. The summed E-state index contributed by atoms with van der Waals surface area (Å²) in [4.78, 5) is 26.2. The van der Waals surface area contributed by atoms with Crippen LogP contribution in [-0.2, 0) is 4.74 Å². The van der Waals surface area contributed by atoms with Crippen LogP contribution in [0, 0.1) is 5.82 Å². The quantitative estimate of drug-likeness (QED) is 0.755. The maximum Gasteiger partial charge on any atom is 0.340 e. The van der Waals surface area contributed by atoms with E-state index in [0.717, 1.165) is 6.07 Å². The van der Waals surface area contributed by atoms with Gasteiger partial charge in [0, 0.05) is 11.6 Å². The van der Waals surface area contributed by atoms with Gasteiger partial charge in [-0.3, -0.25) is 4.79 Å². The van der Waals surface area contributed by atoms with Crippen LogP contribution in [0.15, 0.2) is 42.5 Å². The summed E-state index contributed by atoms with van der Waals surface area (Å²) >= 11 is 5.73. The number of nitrogens with zero attached hydrogens (tertiary/aromatic N) is 1. The second-order valence-electron chi connectivity index (χ2n) is 4.91. The van der Waals surface area contributed by atoms with Gasteiger partial charge in [0.2, 0.25) is 0 Å². The van der Waals surface area contributed by atoms with E-state index in [0.29, 0.717) is 5.69 Å². The predicted octanol–water partition coefficient (Wildman–Crippen LogP) is 4.32. The molecule has 0 aliphatic carbocycles. The molecule has 126 valence electrons. The van der Waals surface area contributed by atoms with E-state index in [1.807, 2.05) is 0 Å². The highest BCUT2D eigenvalue weighted by molar-refractivity contribution is 6.30. The number of carbonyl (C=O) groups is 2. The van der Waals surface area contributed by atoms with E-state index in [1.165, 1.54) is 17.0 Å². The second kappa shape index (κ2) is 7.93. The molecule has 0 fully saturated rings. The molecule has 0 heterocycles. The fourth-order valence-corrected chi connectivity index (χ4v) is 2.48. The van der Waals surface area contributed by atoms with Crippen molar-refractivity contribution in [3.05, 3.63) is 64.4 Å². The first-order chi connectivity index (χ1) is 11.5. The number of halogens is 2. The third-order valence-electron chi connectivity index (χ3n) is 3.41. The maximum absolute atomic E-state index is 14.1. The Morgan fingerprint density at radius 1 is 1.12 bits per heavy atom. The first-order valence-corrected chi connectivity index (χ1v) is 7.90. The molecule has 0 bridgehead atoms. The van der Waals surface area contributed by atoms with Crippen molar-refractivity contribution in [1.29, 1.82) is 0 Å². The lowest BCUT2D eigenvalue weighted by Gasteiger charge is -2.23. The number of para-hydroxylation sites is 1. The zero-order chi connectivity index (χ0) is 17.7. The number of hydrogen-bond acceptors (Lipinski definition) is 3. The minimum Gasteiger partial charge on any atom is -0.462 e.